The van der Waals surface area contributed by atoms with Crippen LogP contribution in [0.2, 0.25) is 0 Å². The minimum atomic E-state index is -1.41. The van der Waals surface area contributed by atoms with Gasteiger partial charge in [0.1, 0.15) is 11.5 Å². The minimum absolute atomic E-state index is 0.115. The van der Waals surface area contributed by atoms with Crippen LogP contribution >= 0.6 is 0 Å². The van der Waals surface area contributed by atoms with Crippen molar-refractivity contribution in [3.63, 3.8) is 0 Å². The second-order valence-electron chi connectivity index (χ2n) is 11.1. The Kier molecular flexibility index (Phi) is 8.89. The van der Waals surface area contributed by atoms with Crippen LogP contribution in [0.4, 0.5) is 0 Å². The SMILES string of the molecule is C=CC(=O)Oc1c(OC)c(C)c(C)c(OC)c1C1(c2c(OC)c(C)c(C)c(OC)c2OC(=O)C=C)c2ccccc2-c2ccccc21. The highest BCUT2D eigenvalue weighted by atomic mass is 16.6. The molecule has 8 heteroatoms. The average molecular weight is 635 g/mol. The van der Waals surface area contributed by atoms with Gasteiger partial charge in [-0.05, 0) is 61.1 Å². The normalized spacial score (nSPS) is 12.3. The van der Waals surface area contributed by atoms with E-state index in [2.05, 4.69) is 13.2 Å². The van der Waals surface area contributed by atoms with Crippen LogP contribution in [0.3, 0.4) is 0 Å². The molecule has 0 fully saturated rings. The summed E-state index contributed by atoms with van der Waals surface area (Å²) in [5, 5.41) is 0. The molecule has 1 aliphatic carbocycles. The highest BCUT2D eigenvalue weighted by molar-refractivity contribution is 5.94. The summed E-state index contributed by atoms with van der Waals surface area (Å²) in [6, 6.07) is 15.8. The van der Waals surface area contributed by atoms with E-state index in [0.717, 1.165) is 45.5 Å². The number of esters is 2. The molecule has 4 aromatic carbocycles. The van der Waals surface area contributed by atoms with E-state index in [1.165, 1.54) is 14.2 Å². The Bertz CT molecular complexity index is 1810. The van der Waals surface area contributed by atoms with Crippen molar-refractivity contribution in [1.29, 1.82) is 0 Å². The molecule has 0 bridgehead atoms. The van der Waals surface area contributed by atoms with Crippen molar-refractivity contribution in [3.05, 3.63) is 118 Å². The highest BCUT2D eigenvalue weighted by Gasteiger charge is 2.55. The van der Waals surface area contributed by atoms with E-state index < -0.39 is 17.4 Å². The van der Waals surface area contributed by atoms with Crippen LogP contribution in [-0.2, 0) is 15.0 Å². The van der Waals surface area contributed by atoms with E-state index in [4.69, 9.17) is 28.4 Å². The van der Waals surface area contributed by atoms with E-state index in [9.17, 15) is 9.59 Å². The van der Waals surface area contributed by atoms with Crippen molar-refractivity contribution in [2.75, 3.05) is 28.4 Å². The van der Waals surface area contributed by atoms with Gasteiger partial charge in [-0.15, -0.1) is 0 Å². The summed E-state index contributed by atoms with van der Waals surface area (Å²) < 4.78 is 36.8. The molecule has 47 heavy (non-hydrogen) atoms. The zero-order chi connectivity index (χ0) is 34.2. The lowest BCUT2D eigenvalue weighted by atomic mass is 9.65. The van der Waals surface area contributed by atoms with Gasteiger partial charge in [-0.25, -0.2) is 9.59 Å². The molecule has 242 valence electrons. The van der Waals surface area contributed by atoms with Crippen molar-refractivity contribution >= 4 is 11.9 Å². The number of carbonyl (C=O) groups excluding carboxylic acids is 2. The van der Waals surface area contributed by atoms with Gasteiger partial charge < -0.3 is 28.4 Å². The summed E-state index contributed by atoms with van der Waals surface area (Å²) in [5.41, 5.74) is 5.77. The Morgan fingerprint density at radius 3 is 1.17 bits per heavy atom. The zero-order valence-corrected chi connectivity index (χ0v) is 28.0. The first-order valence-electron chi connectivity index (χ1n) is 15.0. The Balaban J connectivity index is 2.23. The van der Waals surface area contributed by atoms with Crippen LogP contribution in [0.1, 0.15) is 44.5 Å². The molecule has 0 N–H and O–H groups in total. The maximum absolute atomic E-state index is 13.2. The molecule has 5 rings (SSSR count). The van der Waals surface area contributed by atoms with Gasteiger partial charge in [0.15, 0.2) is 23.0 Å². The molecule has 0 atom stereocenters. The number of carbonyl (C=O) groups is 2. The summed E-state index contributed by atoms with van der Waals surface area (Å²) in [5.74, 6) is 0.348. The van der Waals surface area contributed by atoms with Crippen molar-refractivity contribution < 1.29 is 38.0 Å². The first-order chi connectivity index (χ1) is 22.6. The Labute approximate surface area is 275 Å². The topological polar surface area (TPSA) is 89.5 Å². The summed E-state index contributed by atoms with van der Waals surface area (Å²) in [7, 11) is 6.16. The fourth-order valence-corrected chi connectivity index (χ4v) is 6.89. The molecule has 0 radical (unpaired) electrons. The number of fused-ring (bicyclic) bond motifs is 3. The van der Waals surface area contributed by atoms with E-state index >= 15 is 0 Å². The largest absolute Gasteiger partial charge is 0.496 e. The van der Waals surface area contributed by atoms with Gasteiger partial charge in [0.25, 0.3) is 0 Å². The fraction of sp³-hybridized carbons (Fsp3) is 0.231. The molecule has 4 aromatic rings. The van der Waals surface area contributed by atoms with Crippen molar-refractivity contribution in [2.45, 2.75) is 33.1 Å². The number of benzene rings is 4. The van der Waals surface area contributed by atoms with Crippen LogP contribution in [-0.4, -0.2) is 40.4 Å². The average Bonchev–Trinajstić information content (AvgIpc) is 3.38. The molecular weight excluding hydrogens is 596 g/mol. The Hall–Kier alpha value is -5.50. The summed E-state index contributed by atoms with van der Waals surface area (Å²) in [6.07, 6.45) is 2.18. The molecule has 0 aliphatic heterocycles. The van der Waals surface area contributed by atoms with E-state index in [0.29, 0.717) is 45.3 Å². The number of hydrogen-bond acceptors (Lipinski definition) is 8. The van der Waals surface area contributed by atoms with E-state index in [1.807, 2.05) is 76.2 Å². The monoisotopic (exact) mass is 634 g/mol. The van der Waals surface area contributed by atoms with Crippen molar-refractivity contribution in [3.8, 4) is 45.6 Å². The quantitative estimate of drug-likeness (QED) is 0.0887. The van der Waals surface area contributed by atoms with Crippen LogP contribution in [0.15, 0.2) is 73.8 Å². The maximum atomic E-state index is 13.2. The summed E-state index contributed by atoms with van der Waals surface area (Å²) in [4.78, 5) is 26.3. The number of methoxy groups -OCH3 is 4. The Morgan fingerprint density at radius 1 is 0.532 bits per heavy atom. The maximum Gasteiger partial charge on any atom is 0.335 e. The van der Waals surface area contributed by atoms with Gasteiger partial charge in [-0.2, -0.15) is 0 Å². The van der Waals surface area contributed by atoms with Gasteiger partial charge in [0, 0.05) is 23.3 Å². The third-order valence-electron chi connectivity index (χ3n) is 9.07. The molecule has 0 heterocycles. The van der Waals surface area contributed by atoms with Gasteiger partial charge >= 0.3 is 11.9 Å². The lowest BCUT2D eigenvalue weighted by molar-refractivity contribution is -0.129. The van der Waals surface area contributed by atoms with Crippen molar-refractivity contribution in [2.24, 2.45) is 0 Å². The standard InChI is InChI=1S/C39H38O8/c1-11-29(40)46-37-31(33(42-7)21(3)23(5)35(37)44-9)39(27-19-15-13-17-25(27)26-18-14-16-20-28(26)39)32-34(43-8)22(4)24(6)36(45-10)38(32)47-30(41)12-2/h11-20H,1-2H2,3-10H3. The van der Waals surface area contributed by atoms with Crippen LogP contribution in [0, 0.1) is 27.7 Å². The fourth-order valence-electron chi connectivity index (χ4n) is 6.89. The molecular formula is C39H38O8. The predicted molar refractivity (Wildman–Crippen MR) is 181 cm³/mol. The third-order valence-corrected chi connectivity index (χ3v) is 9.07. The molecule has 0 saturated carbocycles. The number of hydrogen-bond donors (Lipinski definition) is 0. The van der Waals surface area contributed by atoms with Crippen LogP contribution < -0.4 is 28.4 Å². The molecule has 1 aliphatic rings. The Morgan fingerprint density at radius 2 is 0.851 bits per heavy atom. The van der Waals surface area contributed by atoms with Crippen LogP contribution in [0.25, 0.3) is 11.1 Å². The molecule has 8 nitrogen and oxygen atoms in total. The second kappa shape index (κ2) is 12.7. The first-order valence-corrected chi connectivity index (χ1v) is 15.0. The molecule has 0 spiro atoms. The minimum Gasteiger partial charge on any atom is -0.496 e. The van der Waals surface area contributed by atoms with Gasteiger partial charge in [-0.1, -0.05) is 61.7 Å². The summed E-state index contributed by atoms with van der Waals surface area (Å²) >= 11 is 0. The molecule has 0 unspecified atom stereocenters. The van der Waals surface area contributed by atoms with Crippen molar-refractivity contribution in [1.82, 2.24) is 0 Å². The van der Waals surface area contributed by atoms with Gasteiger partial charge in [0.2, 0.25) is 0 Å². The smallest absolute Gasteiger partial charge is 0.335 e. The lowest BCUT2D eigenvalue weighted by Gasteiger charge is -2.39. The predicted octanol–water partition coefficient (Wildman–Crippen LogP) is 7.50. The molecule has 0 amide bonds. The second-order valence-corrected chi connectivity index (χ2v) is 11.1. The highest BCUT2D eigenvalue weighted by Crippen LogP contribution is 2.66. The molecule has 0 aromatic heterocycles. The lowest BCUT2D eigenvalue weighted by Crippen LogP contribution is -2.33. The molecule has 0 saturated heterocycles. The van der Waals surface area contributed by atoms with Gasteiger partial charge in [-0.3, -0.25) is 0 Å². The van der Waals surface area contributed by atoms with Crippen LogP contribution in [0.5, 0.6) is 34.5 Å². The summed E-state index contributed by atoms with van der Waals surface area (Å²) in [6.45, 7) is 14.9. The number of rotatable bonds is 10. The van der Waals surface area contributed by atoms with E-state index in [1.54, 1.807) is 14.2 Å². The first kappa shape index (κ1) is 32.9. The number of ether oxygens (including phenoxy) is 6. The van der Waals surface area contributed by atoms with Gasteiger partial charge in [0.05, 0.1) is 45.0 Å². The van der Waals surface area contributed by atoms with E-state index in [-0.39, 0.29) is 11.5 Å². The third kappa shape index (κ3) is 4.74. The zero-order valence-electron chi connectivity index (χ0n) is 28.0.